The van der Waals surface area contributed by atoms with Crippen LogP contribution in [0.15, 0.2) is 57.2 Å². The topological polar surface area (TPSA) is 118 Å². The van der Waals surface area contributed by atoms with Crippen molar-refractivity contribution in [3.05, 3.63) is 53.8 Å². The molecule has 0 amide bonds. The number of halogens is 7. The highest BCUT2D eigenvalue weighted by atomic mass is 32.2. The Kier molecular flexibility index (Phi) is 7.15. The first kappa shape index (κ1) is 29.7. The van der Waals surface area contributed by atoms with Gasteiger partial charge in [-0.05, 0) is 55.0 Å². The van der Waals surface area contributed by atoms with E-state index in [0.29, 0.717) is 12.1 Å². The molecule has 1 unspecified atom stereocenters. The number of hydrogen-bond donors (Lipinski definition) is 1. The number of rotatable bonds is 6. The summed E-state index contributed by atoms with van der Waals surface area (Å²) in [6.07, 6.45) is -5.27. The molecule has 0 bridgehead atoms. The lowest BCUT2D eigenvalue weighted by molar-refractivity contribution is -0.137. The second-order valence-electron chi connectivity index (χ2n) is 9.18. The SMILES string of the molecule is O=S(=O)(c1ccccc1F)c1cc(C(F)(F)F)ccc1S(=O)(=O)N1CCC2(CC1)CC2NS(=O)(=O)C(F)(F)F. The minimum Gasteiger partial charge on any atom is -0.218 e. The molecule has 2 fully saturated rings. The first-order valence-corrected chi connectivity index (χ1v) is 15.4. The number of sulfonamides is 2. The minimum absolute atomic E-state index is 0.00336. The number of piperidine rings is 1. The Morgan fingerprint density at radius 1 is 0.821 bits per heavy atom. The summed E-state index contributed by atoms with van der Waals surface area (Å²) in [7, 11) is -15.6. The highest BCUT2D eigenvalue weighted by Gasteiger charge is 2.60. The maximum atomic E-state index is 14.3. The zero-order chi connectivity index (χ0) is 29.2. The van der Waals surface area contributed by atoms with Crippen molar-refractivity contribution in [3.8, 4) is 0 Å². The van der Waals surface area contributed by atoms with E-state index in [1.807, 2.05) is 0 Å². The van der Waals surface area contributed by atoms with Gasteiger partial charge < -0.3 is 0 Å². The van der Waals surface area contributed by atoms with E-state index >= 15 is 0 Å². The molecule has 1 saturated heterocycles. The van der Waals surface area contributed by atoms with Gasteiger partial charge in [0.25, 0.3) is 0 Å². The number of hydrogen-bond acceptors (Lipinski definition) is 6. The van der Waals surface area contributed by atoms with Crippen molar-refractivity contribution in [2.24, 2.45) is 5.41 Å². The summed E-state index contributed by atoms with van der Waals surface area (Å²) in [4.78, 5) is -3.39. The minimum atomic E-state index is -5.63. The van der Waals surface area contributed by atoms with Gasteiger partial charge in [-0.15, -0.1) is 0 Å². The number of nitrogens with zero attached hydrogens (tertiary/aromatic N) is 1. The van der Waals surface area contributed by atoms with Crippen LogP contribution in [0.4, 0.5) is 30.7 Å². The molecule has 18 heteroatoms. The largest absolute Gasteiger partial charge is 0.511 e. The first-order chi connectivity index (χ1) is 17.7. The standard InChI is InChI=1S/C21H19F7N2O6S3/c22-14-3-1-2-4-15(14)37(31,32)17-11-13(20(23,24)25)5-6-16(17)38(33,34)30-9-7-19(8-10-30)12-18(19)29-39(35,36)21(26,27)28/h1-6,11,18,29H,7-10,12H2. The highest BCUT2D eigenvalue weighted by molar-refractivity contribution is 7.93. The van der Waals surface area contributed by atoms with Gasteiger partial charge in [0, 0.05) is 19.1 Å². The Balaban J connectivity index is 1.66. The number of sulfone groups is 1. The third-order valence-corrected chi connectivity index (χ3v) is 11.9. The maximum absolute atomic E-state index is 14.3. The molecule has 4 rings (SSSR count). The van der Waals surface area contributed by atoms with E-state index in [0.717, 1.165) is 28.6 Å². The van der Waals surface area contributed by atoms with E-state index in [1.54, 1.807) is 4.72 Å². The molecule has 1 saturated carbocycles. The lowest BCUT2D eigenvalue weighted by Gasteiger charge is -2.32. The molecule has 1 aliphatic carbocycles. The van der Waals surface area contributed by atoms with Crippen LogP contribution in [-0.2, 0) is 36.1 Å². The highest BCUT2D eigenvalue weighted by Crippen LogP contribution is 2.55. The van der Waals surface area contributed by atoms with Crippen LogP contribution >= 0.6 is 0 Å². The van der Waals surface area contributed by atoms with Crippen LogP contribution in [-0.4, -0.2) is 54.2 Å². The fraction of sp³-hybridized carbons (Fsp3) is 0.429. The monoisotopic (exact) mass is 624 g/mol. The van der Waals surface area contributed by atoms with Gasteiger partial charge in [-0.3, -0.25) is 0 Å². The van der Waals surface area contributed by atoms with Crippen molar-refractivity contribution in [2.45, 2.75) is 51.7 Å². The second-order valence-corrected chi connectivity index (χ2v) is 14.7. The quantitative estimate of drug-likeness (QED) is 0.491. The second kappa shape index (κ2) is 9.39. The van der Waals surface area contributed by atoms with E-state index in [4.69, 9.17) is 0 Å². The molecule has 1 heterocycles. The molecule has 39 heavy (non-hydrogen) atoms. The molecule has 1 spiro atoms. The fourth-order valence-corrected chi connectivity index (χ4v) is 8.94. The summed E-state index contributed by atoms with van der Waals surface area (Å²) >= 11 is 0. The molecule has 1 atom stereocenters. The van der Waals surface area contributed by atoms with Gasteiger partial charge >= 0.3 is 21.7 Å². The first-order valence-electron chi connectivity index (χ1n) is 11.0. The van der Waals surface area contributed by atoms with Crippen LogP contribution < -0.4 is 4.72 Å². The predicted molar refractivity (Wildman–Crippen MR) is 120 cm³/mol. The average Bonchev–Trinajstić information content (AvgIpc) is 3.47. The molecule has 2 aromatic rings. The summed E-state index contributed by atoms with van der Waals surface area (Å²) in [5, 5.41) is 0. The third kappa shape index (κ3) is 5.40. The van der Waals surface area contributed by atoms with E-state index in [2.05, 4.69) is 0 Å². The van der Waals surface area contributed by atoms with E-state index in [1.165, 1.54) is 0 Å². The van der Waals surface area contributed by atoms with Crippen LogP contribution in [0.3, 0.4) is 0 Å². The predicted octanol–water partition coefficient (Wildman–Crippen LogP) is 3.66. The van der Waals surface area contributed by atoms with Gasteiger partial charge in [-0.1, -0.05) is 12.1 Å². The number of alkyl halides is 6. The Labute approximate surface area is 218 Å². The zero-order valence-electron chi connectivity index (χ0n) is 19.4. The van der Waals surface area contributed by atoms with Crippen LogP contribution in [0.25, 0.3) is 0 Å². The third-order valence-electron chi connectivity index (χ3n) is 6.81. The molecular weight excluding hydrogens is 605 g/mol. The summed E-state index contributed by atoms with van der Waals surface area (Å²) in [5.41, 5.74) is -8.00. The maximum Gasteiger partial charge on any atom is 0.511 e. The van der Waals surface area contributed by atoms with Gasteiger partial charge in [0.2, 0.25) is 19.9 Å². The summed E-state index contributed by atoms with van der Waals surface area (Å²) in [6, 6.07) is 3.54. The van der Waals surface area contributed by atoms with Crippen LogP contribution in [0, 0.1) is 11.2 Å². The summed E-state index contributed by atoms with van der Waals surface area (Å²) in [6.45, 7) is -0.764. The van der Waals surface area contributed by atoms with E-state index < -0.39 is 79.1 Å². The van der Waals surface area contributed by atoms with Gasteiger partial charge in [0.15, 0.2) is 0 Å². The number of benzene rings is 2. The Morgan fingerprint density at radius 3 is 1.95 bits per heavy atom. The Morgan fingerprint density at radius 2 is 1.41 bits per heavy atom. The van der Waals surface area contributed by atoms with Gasteiger partial charge in [0.1, 0.15) is 15.6 Å². The molecular formula is C21H19F7N2O6S3. The summed E-state index contributed by atoms with van der Waals surface area (Å²) in [5.74, 6) is -1.32. The molecule has 8 nitrogen and oxygen atoms in total. The average molecular weight is 625 g/mol. The van der Waals surface area contributed by atoms with Gasteiger partial charge in [-0.25, -0.2) is 34.4 Å². The lowest BCUT2D eigenvalue weighted by atomic mass is 9.94. The van der Waals surface area contributed by atoms with Crippen molar-refractivity contribution >= 4 is 29.9 Å². The normalized spacial score (nSPS) is 20.7. The van der Waals surface area contributed by atoms with Crippen molar-refractivity contribution in [2.75, 3.05) is 13.1 Å². The molecule has 2 aliphatic rings. The molecule has 1 aliphatic heterocycles. The Hall–Kier alpha value is -2.28. The molecule has 0 radical (unpaired) electrons. The smallest absolute Gasteiger partial charge is 0.218 e. The van der Waals surface area contributed by atoms with Gasteiger partial charge in [0.05, 0.1) is 10.5 Å². The van der Waals surface area contributed by atoms with E-state index in [-0.39, 0.29) is 38.4 Å². The van der Waals surface area contributed by atoms with Crippen molar-refractivity contribution in [1.29, 1.82) is 0 Å². The molecule has 0 aromatic heterocycles. The zero-order valence-corrected chi connectivity index (χ0v) is 21.9. The molecule has 216 valence electrons. The van der Waals surface area contributed by atoms with E-state index in [9.17, 15) is 56.0 Å². The van der Waals surface area contributed by atoms with Crippen molar-refractivity contribution in [3.63, 3.8) is 0 Å². The van der Waals surface area contributed by atoms with Crippen LogP contribution in [0.2, 0.25) is 0 Å². The lowest BCUT2D eigenvalue weighted by Crippen LogP contribution is -2.44. The Bertz CT molecular complexity index is 1610. The van der Waals surface area contributed by atoms with Crippen LogP contribution in [0.1, 0.15) is 24.8 Å². The van der Waals surface area contributed by atoms with Crippen molar-refractivity contribution in [1.82, 2.24) is 9.03 Å². The molecule has 1 N–H and O–H groups in total. The van der Waals surface area contributed by atoms with Crippen LogP contribution in [0.5, 0.6) is 0 Å². The van der Waals surface area contributed by atoms with Gasteiger partial charge in [-0.2, -0.15) is 30.6 Å². The fourth-order valence-electron chi connectivity index (χ4n) is 4.52. The number of nitrogens with one attached hydrogen (secondary N) is 1. The summed E-state index contributed by atoms with van der Waals surface area (Å²) < 4.78 is 171. The molecule has 2 aromatic carbocycles. The van der Waals surface area contributed by atoms with Crippen molar-refractivity contribution < 1.29 is 56.0 Å².